The molecule has 3 nitrogen and oxygen atoms in total. The summed E-state index contributed by atoms with van der Waals surface area (Å²) < 4.78 is 5.84. The maximum Gasteiger partial charge on any atom is 0.0980 e. The Morgan fingerprint density at radius 3 is 2.40 bits per heavy atom. The molecule has 84 valence electrons. The summed E-state index contributed by atoms with van der Waals surface area (Å²) in [7, 11) is 0. The van der Waals surface area contributed by atoms with Gasteiger partial charge in [0.15, 0.2) is 0 Å². The maximum atomic E-state index is 6.05. The quantitative estimate of drug-likeness (QED) is 0.807. The molecule has 0 amide bonds. The monoisotopic (exact) mass is 208 g/mol. The SMILES string of the molecule is CCC(N)C(OC(C)C)c1ccncc1. The van der Waals surface area contributed by atoms with Crippen LogP contribution in [-0.4, -0.2) is 17.1 Å². The molecule has 0 saturated carbocycles. The Labute approximate surface area is 91.7 Å². The molecule has 0 aromatic carbocycles. The Balaban J connectivity index is 2.81. The zero-order valence-electron chi connectivity index (χ0n) is 9.68. The first-order valence-corrected chi connectivity index (χ1v) is 5.46. The smallest absolute Gasteiger partial charge is 0.0980 e. The van der Waals surface area contributed by atoms with Crippen LogP contribution in [0.4, 0.5) is 0 Å². The van der Waals surface area contributed by atoms with E-state index < -0.39 is 0 Å². The minimum Gasteiger partial charge on any atom is -0.369 e. The highest BCUT2D eigenvalue weighted by atomic mass is 16.5. The van der Waals surface area contributed by atoms with E-state index in [2.05, 4.69) is 11.9 Å². The number of nitrogens with two attached hydrogens (primary N) is 1. The minimum atomic E-state index is -0.0296. The number of aromatic nitrogens is 1. The van der Waals surface area contributed by atoms with E-state index in [1.54, 1.807) is 12.4 Å². The van der Waals surface area contributed by atoms with Gasteiger partial charge in [0.25, 0.3) is 0 Å². The number of rotatable bonds is 5. The molecule has 3 heteroatoms. The van der Waals surface area contributed by atoms with E-state index in [9.17, 15) is 0 Å². The predicted molar refractivity (Wildman–Crippen MR) is 61.5 cm³/mol. The summed E-state index contributed by atoms with van der Waals surface area (Å²) in [6.07, 6.45) is 4.60. The predicted octanol–water partition coefficient (Wildman–Crippen LogP) is 2.29. The van der Waals surface area contributed by atoms with E-state index >= 15 is 0 Å². The van der Waals surface area contributed by atoms with Crippen molar-refractivity contribution in [2.75, 3.05) is 0 Å². The number of hydrogen-bond acceptors (Lipinski definition) is 3. The van der Waals surface area contributed by atoms with E-state index in [0.29, 0.717) is 0 Å². The van der Waals surface area contributed by atoms with Crippen LogP contribution in [0.2, 0.25) is 0 Å². The second-order valence-electron chi connectivity index (χ2n) is 3.96. The molecule has 0 radical (unpaired) electrons. The number of pyridine rings is 1. The van der Waals surface area contributed by atoms with Crippen molar-refractivity contribution in [1.82, 2.24) is 4.98 Å². The molecule has 0 aliphatic heterocycles. The van der Waals surface area contributed by atoms with Crippen LogP contribution in [0.1, 0.15) is 38.9 Å². The van der Waals surface area contributed by atoms with Crippen molar-refractivity contribution in [3.8, 4) is 0 Å². The van der Waals surface area contributed by atoms with Crippen LogP contribution >= 0.6 is 0 Å². The van der Waals surface area contributed by atoms with Crippen LogP contribution in [-0.2, 0) is 4.74 Å². The fourth-order valence-electron chi connectivity index (χ4n) is 1.49. The van der Waals surface area contributed by atoms with E-state index in [1.807, 2.05) is 26.0 Å². The number of hydrogen-bond donors (Lipinski definition) is 1. The van der Waals surface area contributed by atoms with Crippen molar-refractivity contribution < 1.29 is 4.74 Å². The Bertz CT molecular complexity index is 274. The Morgan fingerprint density at radius 2 is 1.93 bits per heavy atom. The summed E-state index contributed by atoms with van der Waals surface area (Å²) in [5, 5.41) is 0. The van der Waals surface area contributed by atoms with Gasteiger partial charge in [-0.1, -0.05) is 6.92 Å². The van der Waals surface area contributed by atoms with E-state index in [0.717, 1.165) is 12.0 Å². The first kappa shape index (κ1) is 12.1. The van der Waals surface area contributed by atoms with E-state index in [-0.39, 0.29) is 18.2 Å². The molecule has 0 saturated heterocycles. The van der Waals surface area contributed by atoms with E-state index in [4.69, 9.17) is 10.5 Å². The van der Waals surface area contributed by atoms with Crippen LogP contribution in [0.15, 0.2) is 24.5 Å². The lowest BCUT2D eigenvalue weighted by Gasteiger charge is -2.25. The van der Waals surface area contributed by atoms with Gasteiger partial charge >= 0.3 is 0 Å². The lowest BCUT2D eigenvalue weighted by Crippen LogP contribution is -2.31. The fourth-order valence-corrected chi connectivity index (χ4v) is 1.49. The lowest BCUT2D eigenvalue weighted by molar-refractivity contribution is -0.00902. The normalized spacial score (nSPS) is 15.3. The molecule has 1 aromatic heterocycles. The molecule has 0 spiro atoms. The Kier molecular flexibility index (Phi) is 4.72. The highest BCUT2D eigenvalue weighted by molar-refractivity contribution is 5.15. The third kappa shape index (κ3) is 3.61. The highest BCUT2D eigenvalue weighted by Gasteiger charge is 2.20. The van der Waals surface area contributed by atoms with Gasteiger partial charge in [-0.05, 0) is 38.0 Å². The molecule has 0 fully saturated rings. The van der Waals surface area contributed by atoms with Gasteiger partial charge in [0, 0.05) is 18.4 Å². The molecule has 0 aliphatic carbocycles. The minimum absolute atomic E-state index is 0.0296. The molecule has 0 aliphatic rings. The third-order valence-corrected chi connectivity index (χ3v) is 2.31. The molecule has 1 rings (SSSR count). The molecule has 2 N–H and O–H groups in total. The summed E-state index contributed by atoms with van der Waals surface area (Å²) in [6.45, 7) is 6.12. The van der Waals surface area contributed by atoms with E-state index in [1.165, 1.54) is 0 Å². The summed E-state index contributed by atoms with van der Waals surface area (Å²) >= 11 is 0. The van der Waals surface area contributed by atoms with Crippen molar-refractivity contribution >= 4 is 0 Å². The van der Waals surface area contributed by atoms with Crippen LogP contribution in [0.5, 0.6) is 0 Å². The van der Waals surface area contributed by atoms with Crippen molar-refractivity contribution in [1.29, 1.82) is 0 Å². The van der Waals surface area contributed by atoms with Gasteiger partial charge in [0.1, 0.15) is 0 Å². The summed E-state index contributed by atoms with van der Waals surface area (Å²) in [4.78, 5) is 4.00. The van der Waals surface area contributed by atoms with Gasteiger partial charge in [-0.3, -0.25) is 4.98 Å². The topological polar surface area (TPSA) is 48.1 Å². The summed E-state index contributed by atoms with van der Waals surface area (Å²) in [5.74, 6) is 0. The van der Waals surface area contributed by atoms with Crippen molar-refractivity contribution in [3.05, 3.63) is 30.1 Å². The molecule has 1 heterocycles. The molecule has 2 unspecified atom stereocenters. The molecular weight excluding hydrogens is 188 g/mol. The van der Waals surface area contributed by atoms with Crippen molar-refractivity contribution in [2.24, 2.45) is 5.73 Å². The number of nitrogens with zero attached hydrogens (tertiary/aromatic N) is 1. The first-order chi connectivity index (χ1) is 7.15. The molecule has 15 heavy (non-hydrogen) atoms. The van der Waals surface area contributed by atoms with Crippen LogP contribution < -0.4 is 5.73 Å². The van der Waals surface area contributed by atoms with Gasteiger partial charge in [0.05, 0.1) is 12.2 Å². The fraction of sp³-hybridized carbons (Fsp3) is 0.583. The summed E-state index contributed by atoms with van der Waals surface area (Å²) in [6, 6.07) is 3.96. The van der Waals surface area contributed by atoms with Gasteiger partial charge in [-0.25, -0.2) is 0 Å². The zero-order valence-corrected chi connectivity index (χ0v) is 9.68. The molecular formula is C12H20N2O. The van der Waals surface area contributed by atoms with Gasteiger partial charge in [0.2, 0.25) is 0 Å². The van der Waals surface area contributed by atoms with Gasteiger partial charge < -0.3 is 10.5 Å². The van der Waals surface area contributed by atoms with Crippen molar-refractivity contribution in [3.63, 3.8) is 0 Å². The average molecular weight is 208 g/mol. The number of ether oxygens (including phenoxy) is 1. The largest absolute Gasteiger partial charge is 0.369 e. The Hall–Kier alpha value is -0.930. The Morgan fingerprint density at radius 1 is 1.33 bits per heavy atom. The maximum absolute atomic E-state index is 6.05. The highest BCUT2D eigenvalue weighted by Crippen LogP contribution is 2.22. The van der Waals surface area contributed by atoms with Gasteiger partial charge in [-0.15, -0.1) is 0 Å². The van der Waals surface area contributed by atoms with Crippen molar-refractivity contribution in [2.45, 2.75) is 45.4 Å². The second-order valence-corrected chi connectivity index (χ2v) is 3.96. The molecule has 0 bridgehead atoms. The average Bonchev–Trinajstić information content (AvgIpc) is 2.26. The van der Waals surface area contributed by atoms with Crippen LogP contribution in [0.3, 0.4) is 0 Å². The van der Waals surface area contributed by atoms with Crippen LogP contribution in [0.25, 0.3) is 0 Å². The second kappa shape index (κ2) is 5.83. The molecule has 2 atom stereocenters. The van der Waals surface area contributed by atoms with Crippen LogP contribution in [0, 0.1) is 0 Å². The zero-order chi connectivity index (χ0) is 11.3. The van der Waals surface area contributed by atoms with Gasteiger partial charge in [-0.2, -0.15) is 0 Å². The third-order valence-electron chi connectivity index (χ3n) is 2.31. The standard InChI is InChI=1S/C12H20N2O/c1-4-11(13)12(15-9(2)3)10-5-7-14-8-6-10/h5-9,11-12H,4,13H2,1-3H3. The molecule has 1 aromatic rings. The first-order valence-electron chi connectivity index (χ1n) is 5.46. The summed E-state index contributed by atoms with van der Waals surface area (Å²) in [5.41, 5.74) is 7.16. The lowest BCUT2D eigenvalue weighted by atomic mass is 10.0.